The van der Waals surface area contributed by atoms with Crippen molar-refractivity contribution in [3.05, 3.63) is 35.8 Å². The third kappa shape index (κ3) is 3.77. The van der Waals surface area contributed by atoms with E-state index in [4.69, 9.17) is 14.2 Å². The number of hydrogen-bond donors (Lipinski definition) is 1. The van der Waals surface area contributed by atoms with Crippen LogP contribution in [0.3, 0.4) is 0 Å². The number of aromatic nitrogens is 3. The Labute approximate surface area is 169 Å². The highest BCUT2D eigenvalue weighted by molar-refractivity contribution is 7.99. The fourth-order valence-electron chi connectivity index (χ4n) is 3.59. The second-order valence-corrected chi connectivity index (χ2v) is 8.33. The number of fused-ring (bicyclic) bond motifs is 1. The van der Waals surface area contributed by atoms with Crippen molar-refractivity contribution in [2.24, 2.45) is 0 Å². The van der Waals surface area contributed by atoms with Crippen LogP contribution >= 0.6 is 11.8 Å². The van der Waals surface area contributed by atoms with E-state index in [0.717, 1.165) is 12.1 Å². The van der Waals surface area contributed by atoms with Crippen molar-refractivity contribution < 1.29 is 32.5 Å². The fraction of sp³-hybridized carbons (Fsp3) is 0.556. The van der Waals surface area contributed by atoms with E-state index >= 15 is 0 Å². The molecule has 0 saturated carbocycles. The maximum atomic E-state index is 13.6. The molecule has 0 unspecified atom stereocenters. The first kappa shape index (κ1) is 20.6. The van der Waals surface area contributed by atoms with E-state index in [1.165, 1.54) is 22.6 Å². The highest BCUT2D eigenvalue weighted by Gasteiger charge is 2.52. The number of thioether (sulfide) groups is 1. The van der Waals surface area contributed by atoms with Crippen LogP contribution in [-0.2, 0) is 14.2 Å². The van der Waals surface area contributed by atoms with Crippen molar-refractivity contribution in [1.82, 2.24) is 15.0 Å². The Morgan fingerprint density at radius 1 is 1.24 bits per heavy atom. The molecule has 4 rings (SSSR count). The molecule has 0 bridgehead atoms. The Morgan fingerprint density at radius 3 is 2.59 bits per heavy atom. The summed E-state index contributed by atoms with van der Waals surface area (Å²) in [6.45, 7) is 3.78. The molecule has 0 amide bonds. The van der Waals surface area contributed by atoms with E-state index in [1.54, 1.807) is 20.1 Å². The molecule has 1 aromatic heterocycles. The molecule has 0 spiro atoms. The number of aliphatic hydroxyl groups excluding tert-OH is 1. The van der Waals surface area contributed by atoms with E-state index in [9.17, 15) is 18.3 Å². The Hall–Kier alpha value is -1.66. The van der Waals surface area contributed by atoms with Gasteiger partial charge in [-0.1, -0.05) is 5.21 Å². The lowest BCUT2D eigenvalue weighted by Crippen LogP contribution is -2.61. The number of hydrogen-bond acceptors (Lipinski definition) is 7. The summed E-state index contributed by atoms with van der Waals surface area (Å²) in [5, 5.41) is 18.9. The van der Waals surface area contributed by atoms with Gasteiger partial charge in [0.2, 0.25) is 0 Å². The van der Waals surface area contributed by atoms with Crippen LogP contribution in [-0.4, -0.2) is 62.5 Å². The monoisotopic (exact) mass is 431 g/mol. The van der Waals surface area contributed by atoms with Crippen LogP contribution in [0.4, 0.5) is 13.2 Å². The van der Waals surface area contributed by atoms with Crippen molar-refractivity contribution in [1.29, 1.82) is 0 Å². The van der Waals surface area contributed by atoms with Crippen molar-refractivity contribution in [3.63, 3.8) is 0 Å². The van der Waals surface area contributed by atoms with Gasteiger partial charge in [-0.2, -0.15) is 0 Å². The smallest absolute Gasteiger partial charge is 0.194 e. The molecule has 2 aromatic rings. The predicted octanol–water partition coefficient (Wildman–Crippen LogP) is 2.50. The van der Waals surface area contributed by atoms with Gasteiger partial charge in [0.1, 0.15) is 35.5 Å². The van der Waals surface area contributed by atoms with Gasteiger partial charge in [-0.15, -0.1) is 16.9 Å². The summed E-state index contributed by atoms with van der Waals surface area (Å²) in [6.07, 6.45) is 1.22. The van der Waals surface area contributed by atoms with Crippen LogP contribution in [0.15, 0.2) is 18.3 Å². The predicted molar refractivity (Wildman–Crippen MR) is 97.5 cm³/mol. The van der Waals surface area contributed by atoms with Crippen molar-refractivity contribution in [2.75, 3.05) is 12.9 Å². The van der Waals surface area contributed by atoms with Crippen LogP contribution in [0.1, 0.15) is 19.9 Å². The molecule has 2 fully saturated rings. The molecule has 0 aliphatic carbocycles. The van der Waals surface area contributed by atoms with E-state index in [-0.39, 0.29) is 17.9 Å². The summed E-state index contributed by atoms with van der Waals surface area (Å²) in [5.41, 5.74) is -0.395. The van der Waals surface area contributed by atoms with Crippen LogP contribution in [0.25, 0.3) is 11.3 Å². The fourth-order valence-corrected chi connectivity index (χ4v) is 4.28. The second kappa shape index (κ2) is 7.55. The summed E-state index contributed by atoms with van der Waals surface area (Å²) in [7, 11) is 0. The number of nitrogens with zero attached hydrogens (tertiary/aromatic N) is 3. The standard InChI is InChI=1S/C18H20F3N3O4S/c1-18(2)26-7-12-16(28-18)14(15(25)17(27-12)29-3)24-6-11(22-23-24)8-4-9(19)13(21)10(20)5-8/h4-6,12,14-17,25H,7H2,1-3H3/t12-,14-,15-,16+,17+/m1/s1. The molecule has 3 heterocycles. The van der Waals surface area contributed by atoms with Gasteiger partial charge in [0.15, 0.2) is 23.2 Å². The Bertz CT molecular complexity index is 889. The van der Waals surface area contributed by atoms with Gasteiger partial charge in [0, 0.05) is 5.56 Å². The van der Waals surface area contributed by atoms with Gasteiger partial charge in [0.05, 0.1) is 12.8 Å². The minimum Gasteiger partial charge on any atom is -0.387 e. The summed E-state index contributed by atoms with van der Waals surface area (Å²) in [5.74, 6) is -5.08. The van der Waals surface area contributed by atoms with Crippen molar-refractivity contribution in [2.45, 2.75) is 49.4 Å². The first-order chi connectivity index (χ1) is 13.7. The van der Waals surface area contributed by atoms with Crippen LogP contribution in [0.5, 0.6) is 0 Å². The Balaban J connectivity index is 1.70. The summed E-state index contributed by atoms with van der Waals surface area (Å²) >= 11 is 1.33. The molecule has 1 aromatic carbocycles. The first-order valence-corrected chi connectivity index (χ1v) is 10.2. The lowest BCUT2D eigenvalue weighted by atomic mass is 9.95. The molecular weight excluding hydrogens is 411 g/mol. The number of halogens is 3. The molecular formula is C18H20F3N3O4S. The van der Waals surface area contributed by atoms with E-state index < -0.39 is 53.0 Å². The molecule has 2 aliphatic heterocycles. The molecule has 158 valence electrons. The summed E-state index contributed by atoms with van der Waals surface area (Å²) < 4.78 is 59.4. The van der Waals surface area contributed by atoms with Crippen molar-refractivity contribution >= 4 is 11.8 Å². The van der Waals surface area contributed by atoms with E-state index in [1.807, 2.05) is 0 Å². The molecule has 11 heteroatoms. The topological polar surface area (TPSA) is 78.6 Å². The van der Waals surface area contributed by atoms with E-state index in [0.29, 0.717) is 0 Å². The summed E-state index contributed by atoms with van der Waals surface area (Å²) in [4.78, 5) is 0. The number of rotatable bonds is 3. The first-order valence-electron chi connectivity index (χ1n) is 8.95. The van der Waals surface area contributed by atoms with E-state index in [2.05, 4.69) is 10.3 Å². The maximum Gasteiger partial charge on any atom is 0.194 e. The average Bonchev–Trinajstić information content (AvgIpc) is 3.14. The number of aliphatic hydroxyl groups is 1. The third-order valence-electron chi connectivity index (χ3n) is 4.98. The van der Waals surface area contributed by atoms with Gasteiger partial charge < -0.3 is 19.3 Å². The molecule has 5 atom stereocenters. The Morgan fingerprint density at radius 2 is 1.93 bits per heavy atom. The van der Waals surface area contributed by atoms with Gasteiger partial charge in [-0.05, 0) is 32.2 Å². The number of ether oxygens (including phenoxy) is 3. The van der Waals surface area contributed by atoms with Gasteiger partial charge >= 0.3 is 0 Å². The SMILES string of the molecule is CS[C@@H]1O[C@@H]2COC(C)(C)O[C@@H]2[C@H](n2cc(-c3cc(F)c(F)c(F)c3)nn2)[C@H]1O. The third-order valence-corrected chi connectivity index (χ3v) is 5.84. The molecule has 7 nitrogen and oxygen atoms in total. The van der Waals surface area contributed by atoms with Gasteiger partial charge in [-0.25, -0.2) is 17.9 Å². The average molecular weight is 431 g/mol. The lowest BCUT2D eigenvalue weighted by molar-refractivity contribution is -0.341. The molecule has 0 radical (unpaired) electrons. The second-order valence-electron chi connectivity index (χ2n) is 7.39. The summed E-state index contributed by atoms with van der Waals surface area (Å²) in [6, 6.07) is 1.01. The van der Waals surface area contributed by atoms with Crippen LogP contribution in [0, 0.1) is 17.5 Å². The zero-order valence-electron chi connectivity index (χ0n) is 15.9. The lowest BCUT2D eigenvalue weighted by Gasteiger charge is -2.49. The largest absolute Gasteiger partial charge is 0.387 e. The maximum absolute atomic E-state index is 13.6. The van der Waals surface area contributed by atoms with Crippen LogP contribution in [0.2, 0.25) is 0 Å². The molecule has 29 heavy (non-hydrogen) atoms. The molecule has 2 saturated heterocycles. The minimum absolute atomic E-state index is 0.0281. The van der Waals surface area contributed by atoms with Gasteiger partial charge in [0.25, 0.3) is 0 Å². The highest BCUT2D eigenvalue weighted by atomic mass is 32.2. The number of benzene rings is 1. The van der Waals surface area contributed by atoms with Crippen molar-refractivity contribution in [3.8, 4) is 11.3 Å². The minimum atomic E-state index is -1.55. The molecule has 2 aliphatic rings. The normalized spacial score (nSPS) is 31.5. The molecule has 1 N–H and O–H groups in total. The van der Waals surface area contributed by atoms with Crippen LogP contribution < -0.4 is 0 Å². The quantitative estimate of drug-likeness (QED) is 0.748. The van der Waals surface area contributed by atoms with Gasteiger partial charge in [-0.3, -0.25) is 0 Å². The Kier molecular flexibility index (Phi) is 5.36. The zero-order valence-corrected chi connectivity index (χ0v) is 16.7. The zero-order chi connectivity index (χ0) is 20.9. The highest BCUT2D eigenvalue weighted by Crippen LogP contribution is 2.40.